The van der Waals surface area contributed by atoms with Crippen LogP contribution in [0, 0.1) is 11.3 Å². The molecule has 0 saturated carbocycles. The van der Waals surface area contributed by atoms with E-state index in [0.717, 1.165) is 12.2 Å². The Hall–Kier alpha value is -1.97. The Morgan fingerprint density at radius 1 is 1.43 bits per heavy atom. The molecule has 1 aliphatic rings. The molecule has 0 aromatic carbocycles. The van der Waals surface area contributed by atoms with Crippen molar-refractivity contribution in [2.24, 2.45) is 0 Å². The van der Waals surface area contributed by atoms with E-state index in [1.54, 1.807) is 0 Å². The molecule has 0 radical (unpaired) electrons. The van der Waals surface area contributed by atoms with Crippen molar-refractivity contribution >= 4 is 39.8 Å². The van der Waals surface area contributed by atoms with Crippen molar-refractivity contribution in [3.8, 4) is 6.07 Å². The van der Waals surface area contributed by atoms with Crippen LogP contribution in [0.4, 0.5) is 32.2 Å². The highest BCUT2D eigenvalue weighted by molar-refractivity contribution is 7.86. The van der Waals surface area contributed by atoms with Crippen LogP contribution in [0.5, 0.6) is 0 Å². The standard InChI is InChI=1S/C16H12Cl2F6N4OS/c1-8(2)7-26-13-11(30(29)16(22,23)24)10(6-25)27-28(13)12-9(17)4-3-5-14(12,18)15(19,20)21/h3-5,12,26H,1,7H2,2H3. The minimum absolute atomic E-state index is 0.218. The summed E-state index contributed by atoms with van der Waals surface area (Å²) < 4.78 is 93.2. The molecule has 2 rings (SSSR count). The van der Waals surface area contributed by atoms with Crippen LogP contribution in [0.1, 0.15) is 18.7 Å². The summed E-state index contributed by atoms with van der Waals surface area (Å²) in [6.45, 7) is 4.80. The Kier molecular flexibility index (Phi) is 6.71. The Balaban J connectivity index is 2.84. The van der Waals surface area contributed by atoms with E-state index < -0.39 is 54.8 Å². The average Bonchev–Trinajstić information content (AvgIpc) is 2.95. The fourth-order valence-electron chi connectivity index (χ4n) is 2.57. The Morgan fingerprint density at radius 2 is 2.03 bits per heavy atom. The lowest BCUT2D eigenvalue weighted by Crippen LogP contribution is -2.47. The third kappa shape index (κ3) is 4.38. The van der Waals surface area contributed by atoms with Gasteiger partial charge in [-0.25, -0.2) is 8.89 Å². The van der Waals surface area contributed by atoms with Crippen LogP contribution in [0.15, 0.2) is 40.3 Å². The second-order valence-corrected chi connectivity index (χ2v) is 8.66. The summed E-state index contributed by atoms with van der Waals surface area (Å²) >= 11 is 11.8. The SMILES string of the molecule is C=C(C)CNc1c(S(=O)C(F)(F)F)c(C#N)nn1C1C(Cl)=CC=CC1(Cl)C(F)(F)F. The molecule has 3 unspecified atom stereocenters. The molecule has 0 saturated heterocycles. The molecule has 1 heterocycles. The van der Waals surface area contributed by atoms with Gasteiger partial charge in [-0.15, -0.1) is 11.6 Å². The van der Waals surface area contributed by atoms with Crippen molar-refractivity contribution in [3.05, 3.63) is 41.1 Å². The lowest BCUT2D eigenvalue weighted by Gasteiger charge is -2.37. The predicted molar refractivity (Wildman–Crippen MR) is 99.5 cm³/mol. The maximum atomic E-state index is 13.8. The number of halogens is 8. The Bertz CT molecular complexity index is 992. The first-order valence-electron chi connectivity index (χ1n) is 7.85. The topological polar surface area (TPSA) is 70.7 Å². The van der Waals surface area contributed by atoms with Gasteiger partial charge in [0.1, 0.15) is 22.8 Å². The number of nitrogens with zero attached hydrogens (tertiary/aromatic N) is 3. The number of nitriles is 1. The molecule has 5 nitrogen and oxygen atoms in total. The van der Waals surface area contributed by atoms with Gasteiger partial charge in [0.25, 0.3) is 0 Å². The molecule has 1 N–H and O–H groups in total. The van der Waals surface area contributed by atoms with E-state index in [9.17, 15) is 35.8 Å². The first-order chi connectivity index (χ1) is 13.6. The number of nitrogens with one attached hydrogen (secondary N) is 1. The zero-order valence-electron chi connectivity index (χ0n) is 14.9. The average molecular weight is 493 g/mol. The number of hydrogen-bond donors (Lipinski definition) is 1. The smallest absolute Gasteiger partial charge is 0.365 e. The van der Waals surface area contributed by atoms with E-state index >= 15 is 0 Å². The van der Waals surface area contributed by atoms with E-state index in [1.165, 1.54) is 13.0 Å². The normalized spacial score (nSPS) is 22.9. The monoisotopic (exact) mass is 492 g/mol. The fourth-order valence-corrected chi connectivity index (χ4v) is 4.08. The molecule has 1 aliphatic carbocycles. The van der Waals surface area contributed by atoms with Gasteiger partial charge in [-0.2, -0.15) is 36.7 Å². The number of allylic oxidation sites excluding steroid dienone is 4. The molecule has 14 heteroatoms. The maximum Gasteiger partial charge on any atom is 0.476 e. The quantitative estimate of drug-likeness (QED) is 0.350. The van der Waals surface area contributed by atoms with Crippen molar-refractivity contribution in [1.29, 1.82) is 5.26 Å². The van der Waals surface area contributed by atoms with Gasteiger partial charge >= 0.3 is 11.7 Å². The minimum atomic E-state index is -5.31. The number of aromatic nitrogens is 2. The summed E-state index contributed by atoms with van der Waals surface area (Å²) in [6.07, 6.45) is -2.57. The van der Waals surface area contributed by atoms with E-state index in [4.69, 9.17) is 23.2 Å². The number of rotatable bonds is 5. The molecule has 30 heavy (non-hydrogen) atoms. The van der Waals surface area contributed by atoms with E-state index in [1.807, 2.05) is 0 Å². The molecule has 0 spiro atoms. The van der Waals surface area contributed by atoms with Crippen LogP contribution in [-0.2, 0) is 10.8 Å². The minimum Gasteiger partial charge on any atom is -0.365 e. The molecule has 164 valence electrons. The summed E-state index contributed by atoms with van der Waals surface area (Å²) in [5, 5.41) is 14.7. The van der Waals surface area contributed by atoms with Crippen LogP contribution in [0.25, 0.3) is 0 Å². The molecule has 0 amide bonds. The first kappa shape index (κ1) is 24.3. The molecule has 3 atom stereocenters. The zero-order valence-corrected chi connectivity index (χ0v) is 17.2. The highest BCUT2D eigenvalue weighted by Crippen LogP contribution is 2.52. The van der Waals surface area contributed by atoms with Crippen molar-refractivity contribution < 1.29 is 30.6 Å². The molecule has 0 fully saturated rings. The van der Waals surface area contributed by atoms with Gasteiger partial charge < -0.3 is 5.32 Å². The molecule has 0 aliphatic heterocycles. The third-order valence-electron chi connectivity index (χ3n) is 3.86. The molecular weight excluding hydrogens is 481 g/mol. The van der Waals surface area contributed by atoms with E-state index in [2.05, 4.69) is 17.0 Å². The van der Waals surface area contributed by atoms with Gasteiger partial charge in [-0.1, -0.05) is 35.9 Å². The summed E-state index contributed by atoms with van der Waals surface area (Å²) in [5.41, 5.74) is -5.92. The van der Waals surface area contributed by atoms with Gasteiger partial charge in [0.15, 0.2) is 21.4 Å². The Morgan fingerprint density at radius 3 is 2.50 bits per heavy atom. The second kappa shape index (κ2) is 8.28. The number of hydrogen-bond acceptors (Lipinski definition) is 4. The van der Waals surface area contributed by atoms with Gasteiger partial charge in [0.2, 0.25) is 0 Å². The zero-order chi connectivity index (χ0) is 23.1. The van der Waals surface area contributed by atoms with Crippen LogP contribution < -0.4 is 5.32 Å². The van der Waals surface area contributed by atoms with E-state index in [0.29, 0.717) is 16.3 Å². The lowest BCUT2D eigenvalue weighted by molar-refractivity contribution is -0.157. The van der Waals surface area contributed by atoms with Crippen LogP contribution >= 0.6 is 23.2 Å². The summed E-state index contributed by atoms with van der Waals surface area (Å²) in [6, 6.07) is -0.754. The van der Waals surface area contributed by atoms with Crippen molar-refractivity contribution in [1.82, 2.24) is 9.78 Å². The number of alkyl halides is 7. The van der Waals surface area contributed by atoms with E-state index in [-0.39, 0.29) is 6.54 Å². The van der Waals surface area contributed by atoms with Crippen molar-refractivity contribution in [3.63, 3.8) is 0 Å². The molecule has 1 aromatic heterocycles. The summed E-state index contributed by atoms with van der Waals surface area (Å²) in [4.78, 5) is -4.33. The molecular formula is C16H12Cl2F6N4OS. The van der Waals surface area contributed by atoms with Gasteiger partial charge in [0.05, 0.1) is 0 Å². The maximum absolute atomic E-state index is 13.8. The lowest BCUT2D eigenvalue weighted by atomic mass is 9.93. The van der Waals surface area contributed by atoms with Crippen LogP contribution in [-0.4, -0.2) is 37.1 Å². The highest BCUT2D eigenvalue weighted by atomic mass is 35.5. The largest absolute Gasteiger partial charge is 0.476 e. The van der Waals surface area contributed by atoms with Gasteiger partial charge in [-0.3, -0.25) is 0 Å². The second-order valence-electron chi connectivity index (χ2n) is 6.19. The third-order valence-corrected chi connectivity index (χ3v) is 5.92. The van der Waals surface area contributed by atoms with Gasteiger partial charge in [-0.05, 0) is 13.0 Å². The summed E-state index contributed by atoms with van der Waals surface area (Å²) in [5.74, 6) is -0.744. The van der Waals surface area contributed by atoms with Crippen molar-refractivity contribution in [2.45, 2.75) is 34.4 Å². The molecule has 1 aromatic rings. The van der Waals surface area contributed by atoms with Crippen molar-refractivity contribution in [2.75, 3.05) is 11.9 Å². The number of anilines is 1. The predicted octanol–water partition coefficient (Wildman–Crippen LogP) is 5.14. The first-order valence-corrected chi connectivity index (χ1v) is 9.75. The Labute approximate surface area is 179 Å². The van der Waals surface area contributed by atoms with Crippen LogP contribution in [0.3, 0.4) is 0 Å². The highest BCUT2D eigenvalue weighted by Gasteiger charge is 2.60. The summed E-state index contributed by atoms with van der Waals surface area (Å²) in [7, 11) is -3.78. The van der Waals surface area contributed by atoms with Gasteiger partial charge in [0, 0.05) is 11.6 Å². The molecule has 0 bridgehead atoms. The fraction of sp³-hybridized carbons (Fsp3) is 0.375. The van der Waals surface area contributed by atoms with Crippen LogP contribution in [0.2, 0.25) is 0 Å².